The van der Waals surface area contributed by atoms with Crippen LogP contribution in [0.15, 0.2) is 42.7 Å². The van der Waals surface area contributed by atoms with E-state index in [0.717, 1.165) is 11.4 Å². The van der Waals surface area contributed by atoms with Crippen LogP contribution in [0.2, 0.25) is 18.1 Å². The zero-order valence-electron chi connectivity index (χ0n) is 12.4. The van der Waals surface area contributed by atoms with Gasteiger partial charge in [-0.05, 0) is 28.4 Å². The van der Waals surface area contributed by atoms with Gasteiger partial charge < -0.3 is 0 Å². The van der Waals surface area contributed by atoms with Gasteiger partial charge in [-0.25, -0.2) is 0 Å². The summed E-state index contributed by atoms with van der Waals surface area (Å²) in [5.74, 6) is 0. The molecule has 0 aromatic carbocycles. The fraction of sp³-hybridized carbons (Fsp3) is 0.375. The Kier molecular flexibility index (Phi) is 3.59. The van der Waals surface area contributed by atoms with Crippen LogP contribution < -0.4 is 5.19 Å². The molecule has 0 aliphatic heterocycles. The molecule has 2 aromatic heterocycles. The fourth-order valence-corrected chi connectivity index (χ4v) is 3.62. The van der Waals surface area contributed by atoms with Crippen molar-refractivity contribution in [3.05, 3.63) is 42.7 Å². The third-order valence-corrected chi connectivity index (χ3v) is 9.78. The zero-order chi connectivity index (χ0) is 14.1. The molecular formula is C16H22N2Si. The average Bonchev–Trinajstić information content (AvgIpc) is 2.39. The molecule has 0 fully saturated rings. The summed E-state index contributed by atoms with van der Waals surface area (Å²) in [4.78, 5) is 8.94. The molecule has 0 N–H and O–H groups in total. The summed E-state index contributed by atoms with van der Waals surface area (Å²) in [7, 11) is -1.49. The summed E-state index contributed by atoms with van der Waals surface area (Å²) >= 11 is 0. The molecule has 0 radical (unpaired) electrons. The summed E-state index contributed by atoms with van der Waals surface area (Å²) in [5, 5.41) is 1.74. The first-order valence-electron chi connectivity index (χ1n) is 6.70. The monoisotopic (exact) mass is 270 g/mol. The number of aromatic nitrogens is 2. The fourth-order valence-electron chi connectivity index (χ4n) is 1.86. The second-order valence-corrected chi connectivity index (χ2v) is 11.8. The van der Waals surface area contributed by atoms with Crippen molar-refractivity contribution in [2.24, 2.45) is 0 Å². The van der Waals surface area contributed by atoms with Gasteiger partial charge in [0.1, 0.15) is 0 Å². The molecule has 0 bridgehead atoms. The number of hydrogen-bond donors (Lipinski definition) is 0. The van der Waals surface area contributed by atoms with E-state index in [4.69, 9.17) is 0 Å². The SMILES string of the molecule is CC(C)(C)[Si](C)(C)c1ccc(-c2ccccn2)nc1. The Hall–Kier alpha value is -1.48. The summed E-state index contributed by atoms with van der Waals surface area (Å²) in [6.07, 6.45) is 3.85. The lowest BCUT2D eigenvalue weighted by atomic mass is 10.2. The van der Waals surface area contributed by atoms with Gasteiger partial charge in [0.25, 0.3) is 0 Å². The smallest absolute Gasteiger partial charge is 0.0886 e. The molecule has 0 unspecified atom stereocenters. The number of nitrogens with zero attached hydrogens (tertiary/aromatic N) is 2. The first-order valence-corrected chi connectivity index (χ1v) is 9.70. The van der Waals surface area contributed by atoms with E-state index in [1.165, 1.54) is 5.19 Å². The van der Waals surface area contributed by atoms with E-state index in [9.17, 15) is 0 Å². The Labute approximate surface area is 116 Å². The lowest BCUT2D eigenvalue weighted by Gasteiger charge is -2.37. The summed E-state index contributed by atoms with van der Waals surface area (Å²) < 4.78 is 0. The van der Waals surface area contributed by atoms with E-state index in [-0.39, 0.29) is 0 Å². The van der Waals surface area contributed by atoms with Crippen LogP contribution >= 0.6 is 0 Å². The molecule has 2 aromatic rings. The largest absolute Gasteiger partial charge is 0.255 e. The molecule has 0 aliphatic carbocycles. The van der Waals surface area contributed by atoms with Crippen LogP contribution in [0.3, 0.4) is 0 Å². The highest BCUT2D eigenvalue weighted by Gasteiger charge is 2.36. The zero-order valence-corrected chi connectivity index (χ0v) is 13.4. The Morgan fingerprint density at radius 2 is 1.58 bits per heavy atom. The van der Waals surface area contributed by atoms with Crippen molar-refractivity contribution >= 4 is 13.3 Å². The molecule has 0 amide bonds. The van der Waals surface area contributed by atoms with Crippen LogP contribution in [-0.2, 0) is 0 Å². The molecule has 0 saturated heterocycles. The molecule has 100 valence electrons. The van der Waals surface area contributed by atoms with Crippen molar-refractivity contribution in [3.63, 3.8) is 0 Å². The van der Waals surface area contributed by atoms with Gasteiger partial charge in [-0.15, -0.1) is 0 Å². The predicted octanol–water partition coefficient (Wildman–Crippen LogP) is 3.86. The minimum Gasteiger partial charge on any atom is -0.255 e. The highest BCUT2D eigenvalue weighted by Crippen LogP contribution is 2.35. The van der Waals surface area contributed by atoms with Crippen molar-refractivity contribution in [2.45, 2.75) is 38.9 Å². The molecule has 0 aliphatic rings. The lowest BCUT2D eigenvalue weighted by Crippen LogP contribution is -2.49. The molecule has 0 spiro atoms. The van der Waals surface area contributed by atoms with Crippen LogP contribution in [0.1, 0.15) is 20.8 Å². The Balaban J connectivity index is 2.35. The van der Waals surface area contributed by atoms with Crippen molar-refractivity contribution in [3.8, 4) is 11.4 Å². The number of rotatable bonds is 2. The van der Waals surface area contributed by atoms with Crippen LogP contribution in [0, 0.1) is 0 Å². The third kappa shape index (κ3) is 2.76. The first kappa shape index (κ1) is 13.9. The Morgan fingerprint density at radius 1 is 0.895 bits per heavy atom. The molecule has 0 atom stereocenters. The second-order valence-electron chi connectivity index (χ2n) is 6.52. The molecule has 2 nitrogen and oxygen atoms in total. The van der Waals surface area contributed by atoms with Gasteiger partial charge in [0.15, 0.2) is 0 Å². The van der Waals surface area contributed by atoms with Gasteiger partial charge in [-0.1, -0.05) is 46.0 Å². The van der Waals surface area contributed by atoms with Gasteiger partial charge in [0.2, 0.25) is 0 Å². The average molecular weight is 270 g/mol. The Bertz CT molecular complexity index is 539. The quantitative estimate of drug-likeness (QED) is 0.774. The van der Waals surface area contributed by atoms with Gasteiger partial charge in [0, 0.05) is 12.4 Å². The van der Waals surface area contributed by atoms with Gasteiger partial charge in [0.05, 0.1) is 19.5 Å². The van der Waals surface area contributed by atoms with Crippen molar-refractivity contribution in [1.29, 1.82) is 0 Å². The van der Waals surface area contributed by atoms with Crippen LogP contribution in [0.5, 0.6) is 0 Å². The number of hydrogen-bond acceptors (Lipinski definition) is 2. The second kappa shape index (κ2) is 4.89. The maximum atomic E-state index is 4.60. The highest BCUT2D eigenvalue weighted by molar-refractivity contribution is 6.92. The Morgan fingerprint density at radius 3 is 2.05 bits per heavy atom. The molecule has 0 saturated carbocycles. The summed E-state index contributed by atoms with van der Waals surface area (Å²) in [6, 6.07) is 10.2. The molecule has 3 heteroatoms. The lowest BCUT2D eigenvalue weighted by molar-refractivity contribution is 0.729. The summed E-state index contributed by atoms with van der Waals surface area (Å²) in [5.41, 5.74) is 1.88. The van der Waals surface area contributed by atoms with E-state index in [1.54, 1.807) is 6.20 Å². The van der Waals surface area contributed by atoms with E-state index in [1.807, 2.05) is 24.4 Å². The van der Waals surface area contributed by atoms with Crippen molar-refractivity contribution < 1.29 is 0 Å². The molecule has 2 heterocycles. The van der Waals surface area contributed by atoms with E-state index in [2.05, 4.69) is 56.0 Å². The van der Waals surface area contributed by atoms with E-state index < -0.39 is 8.07 Å². The van der Waals surface area contributed by atoms with Gasteiger partial charge in [-0.2, -0.15) is 0 Å². The molecule has 19 heavy (non-hydrogen) atoms. The van der Waals surface area contributed by atoms with Gasteiger partial charge >= 0.3 is 0 Å². The topological polar surface area (TPSA) is 25.8 Å². The normalized spacial score (nSPS) is 12.5. The number of pyridine rings is 2. The van der Waals surface area contributed by atoms with Gasteiger partial charge in [-0.3, -0.25) is 9.97 Å². The van der Waals surface area contributed by atoms with Crippen LogP contribution in [0.4, 0.5) is 0 Å². The predicted molar refractivity (Wildman–Crippen MR) is 84.3 cm³/mol. The van der Waals surface area contributed by atoms with Crippen molar-refractivity contribution in [1.82, 2.24) is 9.97 Å². The highest BCUT2D eigenvalue weighted by atomic mass is 28.3. The maximum Gasteiger partial charge on any atom is 0.0886 e. The standard InChI is InChI=1S/C16H22N2Si/c1-16(2,3)19(4,5)13-9-10-15(18-12-13)14-8-6-7-11-17-14/h6-12H,1-5H3. The van der Waals surface area contributed by atoms with E-state index in [0.29, 0.717) is 5.04 Å². The first-order chi connectivity index (χ1) is 8.82. The maximum absolute atomic E-state index is 4.60. The van der Waals surface area contributed by atoms with E-state index >= 15 is 0 Å². The minimum absolute atomic E-state index is 0.335. The van der Waals surface area contributed by atoms with Crippen LogP contribution in [-0.4, -0.2) is 18.0 Å². The summed E-state index contributed by atoms with van der Waals surface area (Å²) in [6.45, 7) is 11.8. The van der Waals surface area contributed by atoms with Crippen molar-refractivity contribution in [2.75, 3.05) is 0 Å². The van der Waals surface area contributed by atoms with Crippen LogP contribution in [0.25, 0.3) is 11.4 Å². The minimum atomic E-state index is -1.49. The molecule has 2 rings (SSSR count). The molecular weight excluding hydrogens is 248 g/mol. The third-order valence-electron chi connectivity index (χ3n) is 4.29.